The Balaban J connectivity index is 2.53. The van der Waals surface area contributed by atoms with Gasteiger partial charge in [-0.15, -0.1) is 0 Å². The number of aromatic carboxylic acids is 1. The van der Waals surface area contributed by atoms with E-state index in [4.69, 9.17) is 5.11 Å². The first-order valence-electron chi connectivity index (χ1n) is 5.48. The van der Waals surface area contributed by atoms with Gasteiger partial charge in [0.1, 0.15) is 0 Å². The summed E-state index contributed by atoms with van der Waals surface area (Å²) < 4.78 is 0. The van der Waals surface area contributed by atoms with Crippen LogP contribution in [0.5, 0.6) is 0 Å². The summed E-state index contributed by atoms with van der Waals surface area (Å²) in [7, 11) is 1.50. The van der Waals surface area contributed by atoms with Crippen molar-refractivity contribution in [2.75, 3.05) is 18.9 Å². The van der Waals surface area contributed by atoms with Gasteiger partial charge in [-0.1, -0.05) is 0 Å². The molecule has 0 saturated heterocycles. The van der Waals surface area contributed by atoms with Crippen LogP contribution in [0, 0.1) is 0 Å². The standard InChI is InChI=1S/C11H14N4O4/c1-12-8(16)4-6-14-11(19)15-7-3-2-5-13-9(7)10(17)18/h2-3,5H,4,6H2,1H3,(H,12,16)(H,17,18)(H2,14,15,19). The summed E-state index contributed by atoms with van der Waals surface area (Å²) in [6, 6.07) is 2.33. The van der Waals surface area contributed by atoms with Crippen LogP contribution in [0.3, 0.4) is 0 Å². The smallest absolute Gasteiger partial charge is 0.356 e. The molecule has 3 amide bonds. The Morgan fingerprint density at radius 3 is 2.74 bits per heavy atom. The van der Waals surface area contributed by atoms with Crippen LogP contribution in [-0.4, -0.2) is 41.6 Å². The molecule has 0 aliphatic heterocycles. The van der Waals surface area contributed by atoms with E-state index in [9.17, 15) is 14.4 Å². The van der Waals surface area contributed by atoms with Gasteiger partial charge >= 0.3 is 12.0 Å². The number of hydrogen-bond donors (Lipinski definition) is 4. The van der Waals surface area contributed by atoms with Crippen molar-refractivity contribution in [2.45, 2.75) is 6.42 Å². The third-order valence-corrected chi connectivity index (χ3v) is 2.17. The van der Waals surface area contributed by atoms with Gasteiger partial charge in [0.05, 0.1) is 5.69 Å². The van der Waals surface area contributed by atoms with Crippen molar-refractivity contribution in [3.8, 4) is 0 Å². The second-order valence-electron chi connectivity index (χ2n) is 3.51. The Hall–Kier alpha value is -2.64. The Labute approximate surface area is 109 Å². The minimum Gasteiger partial charge on any atom is -0.476 e. The lowest BCUT2D eigenvalue weighted by Gasteiger charge is -2.08. The molecule has 0 aromatic carbocycles. The molecule has 102 valence electrons. The molecule has 0 saturated carbocycles. The summed E-state index contributed by atoms with van der Waals surface area (Å²) >= 11 is 0. The largest absolute Gasteiger partial charge is 0.476 e. The van der Waals surface area contributed by atoms with Gasteiger partial charge < -0.3 is 21.1 Å². The number of amides is 3. The van der Waals surface area contributed by atoms with Gasteiger partial charge in [-0.2, -0.15) is 0 Å². The first kappa shape index (κ1) is 14.4. The van der Waals surface area contributed by atoms with Crippen LogP contribution in [0.4, 0.5) is 10.5 Å². The van der Waals surface area contributed by atoms with Crippen LogP contribution in [0.2, 0.25) is 0 Å². The highest BCUT2D eigenvalue weighted by Gasteiger charge is 2.13. The maximum atomic E-state index is 11.5. The molecule has 19 heavy (non-hydrogen) atoms. The van der Waals surface area contributed by atoms with Gasteiger partial charge in [0.15, 0.2) is 5.69 Å². The average molecular weight is 266 g/mol. The lowest BCUT2D eigenvalue weighted by atomic mass is 10.3. The van der Waals surface area contributed by atoms with Crippen molar-refractivity contribution in [1.29, 1.82) is 0 Å². The van der Waals surface area contributed by atoms with E-state index in [1.807, 2.05) is 0 Å². The molecule has 8 heteroatoms. The maximum absolute atomic E-state index is 11.5. The van der Waals surface area contributed by atoms with E-state index in [0.29, 0.717) is 0 Å². The van der Waals surface area contributed by atoms with Crippen molar-refractivity contribution in [3.63, 3.8) is 0 Å². The summed E-state index contributed by atoms with van der Waals surface area (Å²) in [6.07, 6.45) is 1.46. The molecule has 1 rings (SSSR count). The summed E-state index contributed by atoms with van der Waals surface area (Å²) in [5.74, 6) is -1.44. The molecule has 1 heterocycles. The number of aromatic nitrogens is 1. The summed E-state index contributed by atoms with van der Waals surface area (Å²) in [5, 5.41) is 16.1. The van der Waals surface area contributed by atoms with Gasteiger partial charge in [-0.3, -0.25) is 4.79 Å². The average Bonchev–Trinajstić information content (AvgIpc) is 2.38. The highest BCUT2D eigenvalue weighted by molar-refractivity contribution is 5.98. The molecule has 0 atom stereocenters. The molecule has 0 spiro atoms. The summed E-state index contributed by atoms with van der Waals surface area (Å²) in [4.78, 5) is 36.9. The number of carboxylic acid groups (broad SMARTS) is 1. The Morgan fingerprint density at radius 2 is 2.11 bits per heavy atom. The van der Waals surface area contributed by atoms with Gasteiger partial charge in [-0.25, -0.2) is 14.6 Å². The number of anilines is 1. The van der Waals surface area contributed by atoms with Crippen molar-refractivity contribution < 1.29 is 19.5 Å². The number of urea groups is 1. The van der Waals surface area contributed by atoms with E-state index in [0.717, 1.165) is 0 Å². The fourth-order valence-electron chi connectivity index (χ4n) is 1.26. The molecule has 0 aliphatic carbocycles. The van der Waals surface area contributed by atoms with E-state index in [2.05, 4.69) is 20.9 Å². The normalized spacial score (nSPS) is 9.53. The van der Waals surface area contributed by atoms with E-state index >= 15 is 0 Å². The monoisotopic (exact) mass is 266 g/mol. The number of pyridine rings is 1. The number of hydrogen-bond acceptors (Lipinski definition) is 4. The summed E-state index contributed by atoms with van der Waals surface area (Å²) in [5.41, 5.74) is -0.156. The number of carbonyl (C=O) groups excluding carboxylic acids is 2. The zero-order valence-corrected chi connectivity index (χ0v) is 10.3. The van der Waals surface area contributed by atoms with Crippen molar-refractivity contribution >= 4 is 23.6 Å². The molecule has 0 aliphatic rings. The SMILES string of the molecule is CNC(=O)CCNC(=O)Nc1cccnc1C(=O)O. The van der Waals surface area contributed by atoms with Crippen LogP contribution >= 0.6 is 0 Å². The van der Waals surface area contributed by atoms with Gasteiger partial charge in [0.25, 0.3) is 0 Å². The van der Waals surface area contributed by atoms with E-state index in [-0.39, 0.29) is 30.3 Å². The fraction of sp³-hybridized carbons (Fsp3) is 0.273. The predicted octanol–water partition coefficient (Wildman–Crippen LogP) is 0.0374. The molecule has 8 nitrogen and oxygen atoms in total. The second-order valence-corrected chi connectivity index (χ2v) is 3.51. The van der Waals surface area contributed by atoms with Crippen LogP contribution in [-0.2, 0) is 4.79 Å². The minimum atomic E-state index is -1.23. The molecule has 0 radical (unpaired) electrons. The molecule has 4 N–H and O–H groups in total. The highest BCUT2D eigenvalue weighted by atomic mass is 16.4. The van der Waals surface area contributed by atoms with Crippen LogP contribution < -0.4 is 16.0 Å². The number of carbonyl (C=O) groups is 3. The molecular formula is C11H14N4O4. The number of carboxylic acids is 1. The molecule has 0 fully saturated rings. The quantitative estimate of drug-likeness (QED) is 0.599. The fourth-order valence-corrected chi connectivity index (χ4v) is 1.26. The molecule has 0 unspecified atom stereocenters. The van der Waals surface area contributed by atoms with E-state index < -0.39 is 12.0 Å². The van der Waals surface area contributed by atoms with E-state index in [1.54, 1.807) is 0 Å². The summed E-state index contributed by atoms with van der Waals surface area (Å²) in [6.45, 7) is 0.147. The topological polar surface area (TPSA) is 120 Å². The first-order valence-corrected chi connectivity index (χ1v) is 5.48. The van der Waals surface area contributed by atoms with Crippen molar-refractivity contribution in [2.24, 2.45) is 0 Å². The zero-order valence-electron chi connectivity index (χ0n) is 10.3. The van der Waals surface area contributed by atoms with Crippen LogP contribution in [0.15, 0.2) is 18.3 Å². The number of nitrogens with one attached hydrogen (secondary N) is 3. The lowest BCUT2D eigenvalue weighted by Crippen LogP contribution is -2.33. The second kappa shape index (κ2) is 6.94. The minimum absolute atomic E-state index is 0.0902. The Morgan fingerprint density at radius 1 is 1.37 bits per heavy atom. The molecular weight excluding hydrogens is 252 g/mol. The van der Waals surface area contributed by atoms with Crippen LogP contribution in [0.25, 0.3) is 0 Å². The molecule has 1 aromatic rings. The third kappa shape index (κ3) is 4.62. The number of rotatable bonds is 5. The predicted molar refractivity (Wildman–Crippen MR) is 66.9 cm³/mol. The molecule has 0 bridgehead atoms. The highest BCUT2D eigenvalue weighted by Crippen LogP contribution is 2.11. The zero-order chi connectivity index (χ0) is 14.3. The third-order valence-electron chi connectivity index (χ3n) is 2.17. The first-order chi connectivity index (χ1) is 9.04. The van der Waals surface area contributed by atoms with Gasteiger partial charge in [0, 0.05) is 26.2 Å². The van der Waals surface area contributed by atoms with E-state index in [1.165, 1.54) is 25.4 Å². The molecule has 1 aromatic heterocycles. The van der Waals surface area contributed by atoms with Gasteiger partial charge in [0.2, 0.25) is 5.91 Å². The van der Waals surface area contributed by atoms with Crippen molar-refractivity contribution in [3.05, 3.63) is 24.0 Å². The van der Waals surface area contributed by atoms with Gasteiger partial charge in [-0.05, 0) is 12.1 Å². The van der Waals surface area contributed by atoms with Crippen molar-refractivity contribution in [1.82, 2.24) is 15.6 Å². The lowest BCUT2D eigenvalue weighted by molar-refractivity contribution is -0.120. The van der Waals surface area contributed by atoms with Crippen LogP contribution in [0.1, 0.15) is 16.9 Å². The number of nitrogens with zero attached hydrogens (tertiary/aromatic N) is 1. The Bertz CT molecular complexity index is 489. The Kier molecular flexibility index (Phi) is 5.27. The maximum Gasteiger partial charge on any atom is 0.356 e.